The van der Waals surface area contributed by atoms with Gasteiger partial charge in [0, 0.05) is 0 Å². The highest BCUT2D eigenvalue weighted by Gasteiger charge is 2.04. The van der Waals surface area contributed by atoms with Crippen molar-refractivity contribution in [3.8, 4) is 11.5 Å². The molecule has 0 radical (unpaired) electrons. The predicted octanol–water partition coefficient (Wildman–Crippen LogP) is 2.54. The molecule has 0 saturated heterocycles. The van der Waals surface area contributed by atoms with Crippen LogP contribution in [0.1, 0.15) is 18.9 Å². The fourth-order valence-electron chi connectivity index (χ4n) is 1.71. The highest BCUT2D eigenvalue weighted by atomic mass is 16.5. The van der Waals surface area contributed by atoms with E-state index in [-0.39, 0.29) is 0 Å². The predicted molar refractivity (Wildman–Crippen MR) is 70.7 cm³/mol. The highest BCUT2D eigenvalue weighted by Crippen LogP contribution is 2.28. The Hall–Kier alpha value is -1.48. The van der Waals surface area contributed by atoms with Crippen molar-refractivity contribution in [2.45, 2.75) is 19.8 Å². The van der Waals surface area contributed by atoms with Gasteiger partial charge in [-0.3, -0.25) is 0 Å². The Morgan fingerprint density at radius 2 is 1.94 bits per heavy atom. The maximum atomic E-state index is 5.47. The van der Waals surface area contributed by atoms with Gasteiger partial charge in [-0.25, -0.2) is 0 Å². The van der Waals surface area contributed by atoms with Crippen molar-refractivity contribution in [1.29, 1.82) is 0 Å². The molecule has 94 valence electrons. The number of hydrogen-bond donors (Lipinski definition) is 1. The van der Waals surface area contributed by atoms with E-state index in [4.69, 9.17) is 15.2 Å². The Kier molecular flexibility index (Phi) is 5.57. The van der Waals surface area contributed by atoms with Gasteiger partial charge in [0.05, 0.1) is 14.2 Å². The molecule has 0 spiro atoms. The molecule has 3 nitrogen and oxygen atoms in total. The molecule has 0 aliphatic carbocycles. The lowest BCUT2D eigenvalue weighted by Crippen LogP contribution is -1.97. The van der Waals surface area contributed by atoms with E-state index in [9.17, 15) is 0 Å². The molecule has 0 aliphatic heterocycles. The molecule has 0 unspecified atom stereocenters. The number of rotatable bonds is 6. The molecule has 0 aromatic heterocycles. The Bertz CT molecular complexity index is 386. The Morgan fingerprint density at radius 3 is 2.53 bits per heavy atom. The van der Waals surface area contributed by atoms with Gasteiger partial charge in [-0.05, 0) is 44.0 Å². The third kappa shape index (κ3) is 4.11. The van der Waals surface area contributed by atoms with Crippen molar-refractivity contribution in [1.82, 2.24) is 0 Å². The normalized spacial score (nSPS) is 11.4. The first-order valence-corrected chi connectivity index (χ1v) is 5.78. The quantitative estimate of drug-likeness (QED) is 0.771. The largest absolute Gasteiger partial charge is 0.493 e. The molecule has 1 aromatic carbocycles. The fourth-order valence-corrected chi connectivity index (χ4v) is 1.71. The van der Waals surface area contributed by atoms with E-state index >= 15 is 0 Å². The number of allylic oxidation sites excluding steroid dienone is 1. The molecule has 0 atom stereocenters. The summed E-state index contributed by atoms with van der Waals surface area (Å²) in [4.78, 5) is 0. The van der Waals surface area contributed by atoms with Crippen LogP contribution in [0.4, 0.5) is 0 Å². The van der Waals surface area contributed by atoms with Gasteiger partial charge in [-0.1, -0.05) is 17.7 Å². The van der Waals surface area contributed by atoms with Crippen molar-refractivity contribution >= 4 is 0 Å². The average molecular weight is 235 g/mol. The molecule has 1 aromatic rings. The maximum Gasteiger partial charge on any atom is 0.160 e. The molecule has 0 fully saturated rings. The van der Waals surface area contributed by atoms with Crippen LogP contribution < -0.4 is 15.2 Å². The first kappa shape index (κ1) is 13.6. The molecule has 2 N–H and O–H groups in total. The minimum Gasteiger partial charge on any atom is -0.493 e. The first-order valence-electron chi connectivity index (χ1n) is 5.78. The van der Waals surface area contributed by atoms with E-state index in [2.05, 4.69) is 19.1 Å². The van der Waals surface area contributed by atoms with Crippen LogP contribution in [0.15, 0.2) is 29.8 Å². The van der Waals surface area contributed by atoms with Gasteiger partial charge in [0.2, 0.25) is 0 Å². The van der Waals surface area contributed by atoms with Crippen molar-refractivity contribution in [3.63, 3.8) is 0 Å². The van der Waals surface area contributed by atoms with Gasteiger partial charge in [0.1, 0.15) is 0 Å². The van der Waals surface area contributed by atoms with Gasteiger partial charge in [0.25, 0.3) is 0 Å². The van der Waals surface area contributed by atoms with Crippen LogP contribution in [0, 0.1) is 0 Å². The van der Waals surface area contributed by atoms with Gasteiger partial charge < -0.3 is 15.2 Å². The smallest absolute Gasteiger partial charge is 0.160 e. The second-order valence-electron chi connectivity index (χ2n) is 3.99. The zero-order valence-electron chi connectivity index (χ0n) is 10.8. The summed E-state index contributed by atoms with van der Waals surface area (Å²) < 4.78 is 10.5. The van der Waals surface area contributed by atoms with Crippen LogP contribution >= 0.6 is 0 Å². The number of nitrogens with two attached hydrogens (primary N) is 1. The van der Waals surface area contributed by atoms with Crippen LogP contribution in [0.2, 0.25) is 0 Å². The van der Waals surface area contributed by atoms with Gasteiger partial charge in [-0.15, -0.1) is 0 Å². The van der Waals surface area contributed by atoms with E-state index in [0.29, 0.717) is 6.54 Å². The lowest BCUT2D eigenvalue weighted by atomic mass is 10.0. The summed E-state index contributed by atoms with van der Waals surface area (Å²) in [6.07, 6.45) is 4.02. The Labute approximate surface area is 103 Å². The van der Waals surface area contributed by atoms with Gasteiger partial charge in [0.15, 0.2) is 11.5 Å². The summed E-state index contributed by atoms with van der Waals surface area (Å²) in [7, 11) is 3.29. The highest BCUT2D eigenvalue weighted by molar-refractivity contribution is 5.43. The lowest BCUT2D eigenvalue weighted by molar-refractivity contribution is 0.354. The Morgan fingerprint density at radius 1 is 1.24 bits per heavy atom. The molecule has 0 heterocycles. The molecule has 0 aliphatic rings. The summed E-state index contributed by atoms with van der Waals surface area (Å²) in [5.41, 5.74) is 8.01. The average Bonchev–Trinajstić information content (AvgIpc) is 2.36. The third-order valence-corrected chi connectivity index (χ3v) is 2.59. The fraction of sp³-hybridized carbons (Fsp3) is 0.429. The monoisotopic (exact) mass is 235 g/mol. The molecule has 3 heteroatoms. The van der Waals surface area contributed by atoms with Crippen LogP contribution in [-0.4, -0.2) is 20.8 Å². The molecule has 1 rings (SSSR count). The van der Waals surface area contributed by atoms with Crippen molar-refractivity contribution in [2.75, 3.05) is 20.8 Å². The molecule has 0 saturated carbocycles. The first-order chi connectivity index (χ1) is 8.21. The van der Waals surface area contributed by atoms with Gasteiger partial charge in [-0.2, -0.15) is 0 Å². The summed E-state index contributed by atoms with van der Waals surface area (Å²) in [5.74, 6) is 1.54. The standard InChI is InChI=1S/C14H21NO2/c1-11(5-4-8-15)9-12-6-7-13(16-2)14(10-12)17-3/h5-7,10H,4,8-9,15H2,1-3H3. The van der Waals surface area contributed by atoms with Crippen molar-refractivity contribution < 1.29 is 9.47 Å². The number of methoxy groups -OCH3 is 2. The topological polar surface area (TPSA) is 44.5 Å². The molecular formula is C14H21NO2. The Balaban J connectivity index is 2.78. The van der Waals surface area contributed by atoms with Crippen molar-refractivity contribution in [3.05, 3.63) is 35.4 Å². The van der Waals surface area contributed by atoms with Crippen LogP contribution in [-0.2, 0) is 6.42 Å². The summed E-state index contributed by atoms with van der Waals surface area (Å²) in [6, 6.07) is 6.00. The minimum atomic E-state index is 0.698. The SMILES string of the molecule is COc1ccc(CC(C)=CCCN)cc1OC. The van der Waals surface area contributed by atoms with Crippen LogP contribution in [0.5, 0.6) is 11.5 Å². The second-order valence-corrected chi connectivity index (χ2v) is 3.99. The molecule has 0 bridgehead atoms. The van der Waals surface area contributed by atoms with Crippen LogP contribution in [0.3, 0.4) is 0 Å². The van der Waals surface area contributed by atoms with E-state index in [1.807, 2.05) is 12.1 Å². The number of benzene rings is 1. The lowest BCUT2D eigenvalue weighted by Gasteiger charge is -2.09. The zero-order chi connectivity index (χ0) is 12.7. The number of ether oxygens (including phenoxy) is 2. The van der Waals surface area contributed by atoms with Crippen molar-refractivity contribution in [2.24, 2.45) is 5.73 Å². The second kappa shape index (κ2) is 6.97. The van der Waals surface area contributed by atoms with E-state index in [1.54, 1.807) is 14.2 Å². The number of hydrogen-bond acceptors (Lipinski definition) is 3. The molecular weight excluding hydrogens is 214 g/mol. The third-order valence-electron chi connectivity index (χ3n) is 2.59. The van der Waals surface area contributed by atoms with Gasteiger partial charge >= 0.3 is 0 Å². The van der Waals surface area contributed by atoms with E-state index < -0.39 is 0 Å². The molecule has 0 amide bonds. The van der Waals surface area contributed by atoms with E-state index in [1.165, 1.54) is 11.1 Å². The molecule has 17 heavy (non-hydrogen) atoms. The zero-order valence-corrected chi connectivity index (χ0v) is 10.8. The summed E-state index contributed by atoms with van der Waals surface area (Å²) in [6.45, 7) is 2.82. The summed E-state index contributed by atoms with van der Waals surface area (Å²) >= 11 is 0. The summed E-state index contributed by atoms with van der Waals surface area (Å²) in [5, 5.41) is 0. The maximum absolute atomic E-state index is 5.47. The van der Waals surface area contributed by atoms with E-state index in [0.717, 1.165) is 24.3 Å². The van der Waals surface area contributed by atoms with Crippen LogP contribution in [0.25, 0.3) is 0 Å². The minimum absolute atomic E-state index is 0.698.